The number of carbonyl (C=O) groups excluding carboxylic acids is 3. The van der Waals surface area contributed by atoms with Gasteiger partial charge in [0.1, 0.15) is 0 Å². The van der Waals surface area contributed by atoms with Gasteiger partial charge in [0.15, 0.2) is 0 Å². The summed E-state index contributed by atoms with van der Waals surface area (Å²) in [4.78, 5) is 42.9. The van der Waals surface area contributed by atoms with Crippen LogP contribution < -0.4 is 10.6 Å². The molecule has 2 N–H and O–H groups in total. The van der Waals surface area contributed by atoms with E-state index >= 15 is 0 Å². The molecule has 198 valence electrons. The Hall–Kier alpha value is -3.19. The number of piperidine rings is 1. The highest BCUT2D eigenvalue weighted by Gasteiger charge is 2.30. The van der Waals surface area contributed by atoms with E-state index in [2.05, 4.69) is 22.8 Å². The molecule has 7 heteroatoms. The van der Waals surface area contributed by atoms with Crippen LogP contribution in [0.2, 0.25) is 0 Å². The highest BCUT2D eigenvalue weighted by Crippen LogP contribution is 2.23. The molecule has 2 saturated heterocycles. The van der Waals surface area contributed by atoms with Gasteiger partial charge in [-0.3, -0.25) is 14.4 Å². The summed E-state index contributed by atoms with van der Waals surface area (Å²) in [5.41, 5.74) is 2.85. The Morgan fingerprint density at radius 1 is 0.811 bits per heavy atom. The first-order chi connectivity index (χ1) is 18.0. The van der Waals surface area contributed by atoms with Crippen molar-refractivity contribution in [3.05, 3.63) is 71.3 Å². The molecule has 2 aliphatic rings. The van der Waals surface area contributed by atoms with Crippen molar-refractivity contribution in [2.24, 2.45) is 5.92 Å². The lowest BCUT2D eigenvalue weighted by Crippen LogP contribution is -2.45. The Morgan fingerprint density at radius 3 is 2.27 bits per heavy atom. The number of hydrogen-bond acceptors (Lipinski definition) is 4. The van der Waals surface area contributed by atoms with E-state index < -0.39 is 0 Å². The SMILES string of the molecule is Cc1ccccc1C(=O)N1CCC(C(=O)N2CCCCNC(c3ccccc3)CC(=O)NCCC2)CC1. The summed E-state index contributed by atoms with van der Waals surface area (Å²) >= 11 is 0. The van der Waals surface area contributed by atoms with Crippen LogP contribution in [-0.2, 0) is 9.59 Å². The Labute approximate surface area is 220 Å². The zero-order valence-electron chi connectivity index (χ0n) is 22.0. The Kier molecular flexibility index (Phi) is 9.71. The van der Waals surface area contributed by atoms with Gasteiger partial charge in [0.05, 0.1) is 0 Å². The fraction of sp³-hybridized carbons (Fsp3) is 0.500. The number of benzene rings is 2. The third kappa shape index (κ3) is 7.41. The summed E-state index contributed by atoms with van der Waals surface area (Å²) in [6.45, 7) is 5.92. The van der Waals surface area contributed by atoms with Gasteiger partial charge in [-0.2, -0.15) is 0 Å². The average Bonchev–Trinajstić information content (AvgIpc) is 2.95. The van der Waals surface area contributed by atoms with E-state index in [9.17, 15) is 14.4 Å². The largest absolute Gasteiger partial charge is 0.356 e. The smallest absolute Gasteiger partial charge is 0.254 e. The van der Waals surface area contributed by atoms with Gasteiger partial charge in [-0.1, -0.05) is 48.5 Å². The number of aryl methyl sites for hydroxylation is 1. The minimum atomic E-state index is -0.0493. The molecule has 1 atom stereocenters. The van der Waals surface area contributed by atoms with Gasteiger partial charge in [0.25, 0.3) is 5.91 Å². The summed E-state index contributed by atoms with van der Waals surface area (Å²) in [6.07, 6.45) is 4.41. The summed E-state index contributed by atoms with van der Waals surface area (Å²) in [7, 11) is 0. The van der Waals surface area contributed by atoms with Crippen LogP contribution >= 0.6 is 0 Å². The zero-order chi connectivity index (χ0) is 26.0. The standard InChI is InChI=1S/C30H40N4O3/c1-23-10-5-6-13-26(23)30(37)34-20-14-25(15-21-34)29(36)33-18-8-7-16-31-27(24-11-3-2-4-12-24)22-28(35)32-17-9-19-33/h2-6,10-13,25,27,31H,7-9,14-22H2,1H3,(H,32,35). The number of likely N-dealkylation sites (tertiary alicyclic amines) is 1. The average molecular weight is 505 g/mol. The molecule has 2 aromatic rings. The number of nitrogens with one attached hydrogen (secondary N) is 2. The van der Waals surface area contributed by atoms with Crippen molar-refractivity contribution >= 4 is 17.7 Å². The molecule has 1 unspecified atom stereocenters. The van der Waals surface area contributed by atoms with E-state index in [0.29, 0.717) is 45.4 Å². The molecule has 0 aliphatic carbocycles. The highest BCUT2D eigenvalue weighted by molar-refractivity contribution is 5.95. The van der Waals surface area contributed by atoms with Crippen LogP contribution in [0.25, 0.3) is 0 Å². The Morgan fingerprint density at radius 2 is 1.51 bits per heavy atom. The Balaban J connectivity index is 1.30. The zero-order valence-corrected chi connectivity index (χ0v) is 22.0. The second-order valence-electron chi connectivity index (χ2n) is 10.2. The van der Waals surface area contributed by atoms with E-state index in [0.717, 1.165) is 49.0 Å². The van der Waals surface area contributed by atoms with Gasteiger partial charge in [-0.05, 0) is 62.8 Å². The lowest BCUT2D eigenvalue weighted by Gasteiger charge is -2.34. The number of amides is 3. The van der Waals surface area contributed by atoms with Crippen LogP contribution in [0.3, 0.4) is 0 Å². The van der Waals surface area contributed by atoms with Crippen molar-refractivity contribution in [3.8, 4) is 0 Å². The number of rotatable bonds is 3. The van der Waals surface area contributed by atoms with E-state index in [4.69, 9.17) is 0 Å². The molecular formula is C30H40N4O3. The molecule has 2 fully saturated rings. The predicted molar refractivity (Wildman–Crippen MR) is 145 cm³/mol. The molecule has 37 heavy (non-hydrogen) atoms. The van der Waals surface area contributed by atoms with Crippen molar-refractivity contribution in [2.45, 2.75) is 51.5 Å². The highest BCUT2D eigenvalue weighted by atomic mass is 16.2. The number of hydrogen-bond donors (Lipinski definition) is 2. The van der Waals surface area contributed by atoms with Gasteiger partial charge in [0, 0.05) is 56.7 Å². The molecule has 7 nitrogen and oxygen atoms in total. The summed E-state index contributed by atoms with van der Waals surface area (Å²) in [5.74, 6) is 0.235. The van der Waals surface area contributed by atoms with Gasteiger partial charge >= 0.3 is 0 Å². The Bertz CT molecular complexity index is 1050. The van der Waals surface area contributed by atoms with Crippen molar-refractivity contribution in [3.63, 3.8) is 0 Å². The van der Waals surface area contributed by atoms with Crippen LogP contribution in [0.5, 0.6) is 0 Å². The molecule has 0 aromatic heterocycles. The second-order valence-corrected chi connectivity index (χ2v) is 10.2. The maximum atomic E-state index is 13.5. The van der Waals surface area contributed by atoms with E-state index in [1.807, 2.05) is 59.2 Å². The number of nitrogens with zero attached hydrogens (tertiary/aromatic N) is 2. The van der Waals surface area contributed by atoms with Crippen LogP contribution in [0.15, 0.2) is 54.6 Å². The maximum Gasteiger partial charge on any atom is 0.254 e. The van der Waals surface area contributed by atoms with Gasteiger partial charge in [-0.25, -0.2) is 0 Å². The topological polar surface area (TPSA) is 81.8 Å². The van der Waals surface area contributed by atoms with Crippen molar-refractivity contribution in [1.29, 1.82) is 0 Å². The summed E-state index contributed by atoms with van der Waals surface area (Å²) < 4.78 is 0. The summed E-state index contributed by atoms with van der Waals surface area (Å²) in [5, 5.41) is 6.58. The number of carbonyl (C=O) groups is 3. The van der Waals surface area contributed by atoms with E-state index in [1.54, 1.807) is 0 Å². The fourth-order valence-corrected chi connectivity index (χ4v) is 5.36. The molecule has 2 aromatic carbocycles. The first kappa shape index (κ1) is 26.9. The van der Waals surface area contributed by atoms with E-state index in [-0.39, 0.29) is 29.7 Å². The van der Waals surface area contributed by atoms with Gasteiger partial charge < -0.3 is 20.4 Å². The lowest BCUT2D eigenvalue weighted by molar-refractivity contribution is -0.137. The van der Waals surface area contributed by atoms with Crippen molar-refractivity contribution < 1.29 is 14.4 Å². The molecule has 2 heterocycles. The van der Waals surface area contributed by atoms with Crippen molar-refractivity contribution in [1.82, 2.24) is 20.4 Å². The van der Waals surface area contributed by atoms with Gasteiger partial charge in [-0.15, -0.1) is 0 Å². The third-order valence-electron chi connectivity index (χ3n) is 7.58. The van der Waals surface area contributed by atoms with Crippen LogP contribution in [0.1, 0.15) is 66.1 Å². The predicted octanol–water partition coefficient (Wildman–Crippen LogP) is 3.70. The lowest BCUT2D eigenvalue weighted by atomic mass is 9.94. The molecular weight excluding hydrogens is 464 g/mol. The molecule has 0 bridgehead atoms. The molecule has 0 spiro atoms. The van der Waals surface area contributed by atoms with Crippen LogP contribution in [-0.4, -0.2) is 66.8 Å². The fourth-order valence-electron chi connectivity index (χ4n) is 5.36. The first-order valence-corrected chi connectivity index (χ1v) is 13.7. The first-order valence-electron chi connectivity index (χ1n) is 13.7. The molecule has 4 rings (SSSR count). The minimum Gasteiger partial charge on any atom is -0.356 e. The molecule has 0 radical (unpaired) electrons. The van der Waals surface area contributed by atoms with Crippen LogP contribution in [0, 0.1) is 12.8 Å². The molecule has 0 saturated carbocycles. The van der Waals surface area contributed by atoms with Crippen molar-refractivity contribution in [2.75, 3.05) is 39.3 Å². The molecule has 3 amide bonds. The normalized spacial score (nSPS) is 20.8. The monoisotopic (exact) mass is 504 g/mol. The van der Waals surface area contributed by atoms with E-state index in [1.165, 1.54) is 0 Å². The van der Waals surface area contributed by atoms with Gasteiger partial charge in [0.2, 0.25) is 11.8 Å². The minimum absolute atomic E-state index is 0.00717. The molecule has 2 aliphatic heterocycles. The quantitative estimate of drug-likeness (QED) is 0.668. The third-order valence-corrected chi connectivity index (χ3v) is 7.58. The second kappa shape index (κ2) is 13.4. The maximum absolute atomic E-state index is 13.5. The van der Waals surface area contributed by atoms with Crippen LogP contribution in [0.4, 0.5) is 0 Å². The summed E-state index contributed by atoms with van der Waals surface area (Å²) in [6, 6.07) is 17.8.